The Bertz CT molecular complexity index is 833. The number of nitrogens with two attached hydrogens (primary N) is 1. The maximum atomic E-state index is 5.71. The summed E-state index contributed by atoms with van der Waals surface area (Å²) < 4.78 is 0. The molecule has 0 unspecified atom stereocenters. The van der Waals surface area contributed by atoms with Crippen LogP contribution >= 0.6 is 0 Å². The van der Waals surface area contributed by atoms with E-state index in [2.05, 4.69) is 43.8 Å². The third kappa shape index (κ3) is 4.36. The number of hydrogen-bond acceptors (Lipinski definition) is 3. The summed E-state index contributed by atoms with van der Waals surface area (Å²) in [6.45, 7) is 8.24. The second kappa shape index (κ2) is 7.66. The fourth-order valence-corrected chi connectivity index (χ4v) is 2.57. The lowest BCUT2D eigenvalue weighted by Crippen LogP contribution is -2.03. The Morgan fingerprint density at radius 1 is 0.654 bits per heavy atom. The molecule has 0 spiro atoms. The van der Waals surface area contributed by atoms with Crippen molar-refractivity contribution in [3.63, 3.8) is 0 Å². The number of nitrogen functional groups attached to an aromatic ring is 1. The molecule has 3 aromatic carbocycles. The minimum atomic E-state index is 0.741. The molecule has 0 fully saturated rings. The molecule has 26 heavy (non-hydrogen) atoms. The van der Waals surface area contributed by atoms with Crippen molar-refractivity contribution in [1.29, 1.82) is 0 Å². The van der Waals surface area contributed by atoms with Gasteiger partial charge in [0.25, 0.3) is 0 Å². The van der Waals surface area contributed by atoms with E-state index in [0.717, 1.165) is 39.6 Å². The van der Waals surface area contributed by atoms with E-state index in [4.69, 9.17) is 5.73 Å². The van der Waals surface area contributed by atoms with E-state index in [-0.39, 0.29) is 0 Å². The average Bonchev–Trinajstić information content (AvgIpc) is 2.65. The van der Waals surface area contributed by atoms with Gasteiger partial charge in [-0.15, -0.1) is 0 Å². The first-order chi connectivity index (χ1) is 12.5. The summed E-state index contributed by atoms with van der Waals surface area (Å²) in [7, 11) is 2.07. The van der Waals surface area contributed by atoms with Gasteiger partial charge in [-0.3, -0.25) is 0 Å². The van der Waals surface area contributed by atoms with Crippen LogP contribution in [0.5, 0.6) is 0 Å². The molecular formula is C22H22BN3. The fourth-order valence-electron chi connectivity index (χ4n) is 2.57. The Labute approximate surface area is 155 Å². The predicted molar refractivity (Wildman–Crippen MR) is 117 cm³/mol. The van der Waals surface area contributed by atoms with Crippen molar-refractivity contribution < 1.29 is 0 Å². The monoisotopic (exact) mass is 339 g/mol. The van der Waals surface area contributed by atoms with E-state index in [1.807, 2.05) is 60.7 Å². The zero-order valence-electron chi connectivity index (χ0n) is 14.9. The van der Waals surface area contributed by atoms with Gasteiger partial charge in [0.05, 0.1) is 0 Å². The summed E-state index contributed by atoms with van der Waals surface area (Å²) in [6.07, 6.45) is 0. The highest BCUT2D eigenvalue weighted by atomic mass is 14.9. The van der Waals surface area contributed by atoms with Crippen LogP contribution in [0.2, 0.25) is 0 Å². The molecule has 4 N–H and O–H groups in total. The predicted octanol–water partition coefficient (Wildman–Crippen LogP) is 3.69. The van der Waals surface area contributed by atoms with Crippen molar-refractivity contribution in [2.75, 3.05) is 16.4 Å². The molecule has 0 bridgehead atoms. The first-order valence-electron chi connectivity index (χ1n) is 8.46. The molecule has 0 saturated carbocycles. The molecule has 3 nitrogen and oxygen atoms in total. The SMILES string of the molecule is Bc1ccc(NC(=C)c2ccc(C(=C)Nc3ccc(N)cc3)cc2)cc1. The number of nitrogens with one attached hydrogen (secondary N) is 2. The summed E-state index contributed by atoms with van der Waals surface area (Å²) >= 11 is 0. The zero-order chi connectivity index (χ0) is 18.5. The lowest BCUT2D eigenvalue weighted by Gasteiger charge is -2.13. The molecule has 128 valence electrons. The molecule has 0 atom stereocenters. The topological polar surface area (TPSA) is 50.1 Å². The van der Waals surface area contributed by atoms with Gasteiger partial charge in [0.1, 0.15) is 7.85 Å². The molecule has 0 aromatic heterocycles. The Balaban J connectivity index is 1.65. The Kier molecular flexibility index (Phi) is 5.13. The van der Waals surface area contributed by atoms with Gasteiger partial charge in [0, 0.05) is 28.5 Å². The van der Waals surface area contributed by atoms with Crippen molar-refractivity contribution in [2.45, 2.75) is 0 Å². The standard InChI is InChI=1S/C22H22BN3/c1-15(25-21-11-7-19(23)8-12-21)17-3-5-18(6-4-17)16(2)26-22-13-9-20(24)10-14-22/h3-14,25-26H,1-2,23-24H2. The van der Waals surface area contributed by atoms with Crippen LogP contribution in [-0.2, 0) is 0 Å². The van der Waals surface area contributed by atoms with Gasteiger partial charge in [0.15, 0.2) is 0 Å². The Morgan fingerprint density at radius 2 is 1.04 bits per heavy atom. The lowest BCUT2D eigenvalue weighted by molar-refractivity contribution is 1.50. The molecule has 0 aliphatic carbocycles. The zero-order valence-corrected chi connectivity index (χ0v) is 14.9. The Morgan fingerprint density at radius 3 is 1.46 bits per heavy atom. The third-order valence-electron chi connectivity index (χ3n) is 4.13. The highest BCUT2D eigenvalue weighted by molar-refractivity contribution is 6.32. The van der Waals surface area contributed by atoms with Crippen LogP contribution < -0.4 is 21.8 Å². The maximum absolute atomic E-state index is 5.71. The minimum absolute atomic E-state index is 0.741. The molecule has 0 heterocycles. The van der Waals surface area contributed by atoms with E-state index in [1.54, 1.807) is 0 Å². The first kappa shape index (κ1) is 17.4. The second-order valence-corrected chi connectivity index (χ2v) is 6.27. The third-order valence-corrected chi connectivity index (χ3v) is 4.13. The molecular weight excluding hydrogens is 317 g/mol. The lowest BCUT2D eigenvalue weighted by atomic mass is 9.96. The van der Waals surface area contributed by atoms with E-state index < -0.39 is 0 Å². The van der Waals surface area contributed by atoms with E-state index in [1.165, 1.54) is 5.46 Å². The van der Waals surface area contributed by atoms with Crippen LogP contribution in [-0.4, -0.2) is 7.85 Å². The molecule has 4 heteroatoms. The van der Waals surface area contributed by atoms with Crippen molar-refractivity contribution in [3.05, 3.63) is 97.1 Å². The summed E-state index contributed by atoms with van der Waals surface area (Å²) in [5, 5.41) is 6.63. The number of rotatable bonds is 6. The van der Waals surface area contributed by atoms with Gasteiger partial charge in [-0.1, -0.05) is 55.0 Å². The summed E-state index contributed by atoms with van der Waals surface area (Å²) in [6, 6.07) is 24.0. The van der Waals surface area contributed by atoms with Crippen molar-refractivity contribution in [2.24, 2.45) is 0 Å². The summed E-state index contributed by atoms with van der Waals surface area (Å²) in [5.74, 6) is 0. The number of anilines is 3. The van der Waals surface area contributed by atoms with Gasteiger partial charge < -0.3 is 16.4 Å². The molecule has 0 amide bonds. The van der Waals surface area contributed by atoms with Gasteiger partial charge in [-0.05, 0) is 47.5 Å². The minimum Gasteiger partial charge on any atom is -0.399 e. The number of benzene rings is 3. The molecule has 0 aliphatic heterocycles. The quantitative estimate of drug-likeness (QED) is 0.474. The molecule has 3 rings (SSSR count). The maximum Gasteiger partial charge on any atom is 0.139 e. The smallest absolute Gasteiger partial charge is 0.139 e. The van der Waals surface area contributed by atoms with Crippen LogP contribution in [0.1, 0.15) is 11.1 Å². The van der Waals surface area contributed by atoms with Gasteiger partial charge in [-0.2, -0.15) is 0 Å². The molecule has 0 aliphatic rings. The van der Waals surface area contributed by atoms with Crippen LogP contribution in [0.3, 0.4) is 0 Å². The van der Waals surface area contributed by atoms with Crippen LogP contribution in [0.15, 0.2) is 86.0 Å². The van der Waals surface area contributed by atoms with Crippen molar-refractivity contribution in [1.82, 2.24) is 0 Å². The van der Waals surface area contributed by atoms with Crippen molar-refractivity contribution in [3.8, 4) is 0 Å². The molecule has 0 radical (unpaired) electrons. The van der Waals surface area contributed by atoms with Crippen LogP contribution in [0, 0.1) is 0 Å². The van der Waals surface area contributed by atoms with E-state index in [0.29, 0.717) is 0 Å². The summed E-state index contributed by atoms with van der Waals surface area (Å²) in [5.41, 5.74) is 13.4. The molecule has 3 aromatic rings. The fraction of sp³-hybridized carbons (Fsp3) is 0. The largest absolute Gasteiger partial charge is 0.399 e. The highest BCUT2D eigenvalue weighted by Gasteiger charge is 2.03. The second-order valence-electron chi connectivity index (χ2n) is 6.27. The van der Waals surface area contributed by atoms with Gasteiger partial charge in [0.2, 0.25) is 0 Å². The Hall–Kier alpha value is -3.40. The highest BCUT2D eigenvalue weighted by Crippen LogP contribution is 2.21. The van der Waals surface area contributed by atoms with E-state index in [9.17, 15) is 0 Å². The van der Waals surface area contributed by atoms with Crippen LogP contribution in [0.4, 0.5) is 17.1 Å². The average molecular weight is 339 g/mol. The van der Waals surface area contributed by atoms with Crippen LogP contribution in [0.25, 0.3) is 11.4 Å². The van der Waals surface area contributed by atoms with E-state index >= 15 is 0 Å². The van der Waals surface area contributed by atoms with Gasteiger partial charge in [-0.25, -0.2) is 0 Å². The number of hydrogen-bond donors (Lipinski definition) is 3. The van der Waals surface area contributed by atoms with Gasteiger partial charge >= 0.3 is 0 Å². The van der Waals surface area contributed by atoms with Crippen molar-refractivity contribution >= 4 is 41.8 Å². The first-order valence-corrected chi connectivity index (χ1v) is 8.46. The normalized spacial score (nSPS) is 10.2. The molecule has 0 saturated heterocycles. The summed E-state index contributed by atoms with van der Waals surface area (Å²) in [4.78, 5) is 0.